The summed E-state index contributed by atoms with van der Waals surface area (Å²) in [5, 5.41) is 12.1. The molecule has 2 fully saturated rings. The summed E-state index contributed by atoms with van der Waals surface area (Å²) in [7, 11) is 0. The maximum Gasteiger partial charge on any atom is 0.311 e. The molecule has 0 aromatic rings. The van der Waals surface area contributed by atoms with Gasteiger partial charge in [0, 0.05) is 12.0 Å². The molecule has 0 aromatic heterocycles. The molecule has 0 aliphatic heterocycles. The standard InChI is InChI=1S/C11H17NO3/c1-11(10(14)15)6-2-3-8(11)12-9(13)7-4-5-7/h7-8H,2-6H2,1H3,(H,12,13)(H,14,15). The first kappa shape index (κ1) is 10.5. The van der Waals surface area contributed by atoms with Gasteiger partial charge >= 0.3 is 5.97 Å². The summed E-state index contributed by atoms with van der Waals surface area (Å²) in [6.07, 6.45) is 4.27. The van der Waals surface area contributed by atoms with Crippen molar-refractivity contribution in [2.45, 2.75) is 45.1 Å². The van der Waals surface area contributed by atoms with Gasteiger partial charge < -0.3 is 10.4 Å². The van der Waals surface area contributed by atoms with Crippen molar-refractivity contribution in [3.63, 3.8) is 0 Å². The number of carboxylic acid groups (broad SMARTS) is 1. The average Bonchev–Trinajstić information content (AvgIpc) is 2.94. The lowest BCUT2D eigenvalue weighted by Gasteiger charge is -2.27. The van der Waals surface area contributed by atoms with Crippen LogP contribution in [-0.4, -0.2) is 23.0 Å². The Morgan fingerprint density at radius 3 is 2.53 bits per heavy atom. The van der Waals surface area contributed by atoms with Gasteiger partial charge in [-0.2, -0.15) is 0 Å². The van der Waals surface area contributed by atoms with E-state index < -0.39 is 11.4 Å². The summed E-state index contributed by atoms with van der Waals surface area (Å²) in [5.74, 6) is -0.584. The van der Waals surface area contributed by atoms with Crippen LogP contribution in [0.15, 0.2) is 0 Å². The van der Waals surface area contributed by atoms with E-state index in [0.717, 1.165) is 25.7 Å². The molecular formula is C11H17NO3. The number of amides is 1. The predicted octanol–water partition coefficient (Wildman–Crippen LogP) is 1.16. The Morgan fingerprint density at radius 1 is 1.33 bits per heavy atom. The van der Waals surface area contributed by atoms with Gasteiger partial charge in [0.25, 0.3) is 0 Å². The fourth-order valence-corrected chi connectivity index (χ4v) is 2.29. The average molecular weight is 211 g/mol. The van der Waals surface area contributed by atoms with E-state index in [-0.39, 0.29) is 17.9 Å². The molecule has 0 aromatic carbocycles. The number of carbonyl (C=O) groups excluding carboxylic acids is 1. The molecule has 0 radical (unpaired) electrons. The van der Waals surface area contributed by atoms with Crippen LogP contribution in [0.5, 0.6) is 0 Å². The molecule has 0 saturated heterocycles. The third kappa shape index (κ3) is 1.85. The Balaban J connectivity index is 2.01. The number of carbonyl (C=O) groups is 2. The predicted molar refractivity (Wildman–Crippen MR) is 54.2 cm³/mol. The third-order valence-corrected chi connectivity index (χ3v) is 3.71. The molecule has 4 nitrogen and oxygen atoms in total. The number of nitrogens with one attached hydrogen (secondary N) is 1. The van der Waals surface area contributed by atoms with Gasteiger partial charge in [0.2, 0.25) is 5.91 Å². The van der Waals surface area contributed by atoms with Crippen molar-refractivity contribution < 1.29 is 14.7 Å². The van der Waals surface area contributed by atoms with E-state index in [9.17, 15) is 9.59 Å². The molecule has 2 N–H and O–H groups in total. The number of aliphatic carboxylic acids is 1. The van der Waals surface area contributed by atoms with E-state index in [2.05, 4.69) is 5.32 Å². The highest BCUT2D eigenvalue weighted by Crippen LogP contribution is 2.39. The second kappa shape index (κ2) is 3.51. The van der Waals surface area contributed by atoms with Crippen LogP contribution in [-0.2, 0) is 9.59 Å². The van der Waals surface area contributed by atoms with Gasteiger partial charge in [-0.25, -0.2) is 0 Å². The monoisotopic (exact) mass is 211 g/mol. The fourth-order valence-electron chi connectivity index (χ4n) is 2.29. The molecular weight excluding hydrogens is 194 g/mol. The molecule has 2 saturated carbocycles. The Morgan fingerprint density at radius 2 is 2.00 bits per heavy atom. The zero-order chi connectivity index (χ0) is 11.1. The SMILES string of the molecule is CC1(C(=O)O)CCCC1NC(=O)C1CC1. The molecule has 2 unspecified atom stereocenters. The highest BCUT2D eigenvalue weighted by molar-refractivity contribution is 5.83. The van der Waals surface area contributed by atoms with E-state index in [0.29, 0.717) is 6.42 Å². The number of hydrogen-bond donors (Lipinski definition) is 2. The number of hydrogen-bond acceptors (Lipinski definition) is 2. The van der Waals surface area contributed by atoms with Crippen molar-refractivity contribution in [2.24, 2.45) is 11.3 Å². The molecule has 0 spiro atoms. The Labute approximate surface area is 89.0 Å². The molecule has 2 aliphatic carbocycles. The van der Waals surface area contributed by atoms with Gasteiger partial charge in [0.1, 0.15) is 0 Å². The Bertz CT molecular complexity index is 298. The van der Waals surface area contributed by atoms with E-state index in [1.54, 1.807) is 6.92 Å². The van der Waals surface area contributed by atoms with Crippen LogP contribution in [0.4, 0.5) is 0 Å². The first-order valence-electron chi connectivity index (χ1n) is 5.58. The van der Waals surface area contributed by atoms with E-state index >= 15 is 0 Å². The van der Waals surface area contributed by atoms with Crippen molar-refractivity contribution >= 4 is 11.9 Å². The van der Waals surface area contributed by atoms with E-state index in [1.807, 2.05) is 0 Å². The van der Waals surface area contributed by atoms with Gasteiger partial charge in [-0.15, -0.1) is 0 Å². The summed E-state index contributed by atoms with van der Waals surface area (Å²) in [5.41, 5.74) is -0.759. The normalized spacial score (nSPS) is 35.1. The number of rotatable bonds is 3. The van der Waals surface area contributed by atoms with Crippen molar-refractivity contribution in [1.82, 2.24) is 5.32 Å². The molecule has 2 rings (SSSR count). The Kier molecular flexibility index (Phi) is 2.44. The fraction of sp³-hybridized carbons (Fsp3) is 0.818. The highest BCUT2D eigenvalue weighted by Gasteiger charge is 2.46. The van der Waals surface area contributed by atoms with Gasteiger partial charge in [-0.3, -0.25) is 9.59 Å². The van der Waals surface area contributed by atoms with Crippen molar-refractivity contribution in [3.05, 3.63) is 0 Å². The van der Waals surface area contributed by atoms with Crippen LogP contribution in [0.1, 0.15) is 39.0 Å². The summed E-state index contributed by atoms with van der Waals surface area (Å²) in [6.45, 7) is 1.74. The van der Waals surface area contributed by atoms with E-state index in [4.69, 9.17) is 5.11 Å². The molecule has 2 atom stereocenters. The minimum atomic E-state index is -0.791. The van der Waals surface area contributed by atoms with Gasteiger partial charge in [-0.1, -0.05) is 6.42 Å². The molecule has 0 heterocycles. The van der Waals surface area contributed by atoms with Crippen LogP contribution in [0, 0.1) is 11.3 Å². The maximum atomic E-state index is 11.6. The van der Waals surface area contributed by atoms with Crippen LogP contribution >= 0.6 is 0 Å². The van der Waals surface area contributed by atoms with Crippen molar-refractivity contribution in [2.75, 3.05) is 0 Å². The smallest absolute Gasteiger partial charge is 0.311 e. The van der Waals surface area contributed by atoms with E-state index in [1.165, 1.54) is 0 Å². The molecule has 15 heavy (non-hydrogen) atoms. The van der Waals surface area contributed by atoms with Gasteiger partial charge in [0.05, 0.1) is 5.41 Å². The number of carboxylic acids is 1. The van der Waals surface area contributed by atoms with Gasteiger partial charge in [-0.05, 0) is 32.6 Å². The first-order valence-corrected chi connectivity index (χ1v) is 5.58. The van der Waals surface area contributed by atoms with Gasteiger partial charge in [0.15, 0.2) is 0 Å². The first-order chi connectivity index (χ1) is 7.04. The second-order valence-corrected chi connectivity index (χ2v) is 4.95. The summed E-state index contributed by atoms with van der Waals surface area (Å²) in [6, 6.07) is -0.178. The summed E-state index contributed by atoms with van der Waals surface area (Å²) in [4.78, 5) is 22.7. The third-order valence-electron chi connectivity index (χ3n) is 3.71. The minimum Gasteiger partial charge on any atom is -0.481 e. The topological polar surface area (TPSA) is 66.4 Å². The molecule has 0 bridgehead atoms. The summed E-state index contributed by atoms with van der Waals surface area (Å²) >= 11 is 0. The van der Waals surface area contributed by atoms with Crippen LogP contribution < -0.4 is 5.32 Å². The lowest BCUT2D eigenvalue weighted by Crippen LogP contribution is -2.47. The molecule has 1 amide bonds. The maximum absolute atomic E-state index is 11.6. The van der Waals surface area contributed by atoms with Crippen LogP contribution in [0.2, 0.25) is 0 Å². The molecule has 4 heteroatoms. The lowest BCUT2D eigenvalue weighted by atomic mass is 9.85. The molecule has 2 aliphatic rings. The largest absolute Gasteiger partial charge is 0.481 e. The minimum absolute atomic E-state index is 0.0503. The summed E-state index contributed by atoms with van der Waals surface area (Å²) < 4.78 is 0. The quantitative estimate of drug-likeness (QED) is 0.736. The molecule has 84 valence electrons. The van der Waals surface area contributed by atoms with Crippen molar-refractivity contribution in [1.29, 1.82) is 0 Å². The zero-order valence-electron chi connectivity index (χ0n) is 8.95. The van der Waals surface area contributed by atoms with Crippen LogP contribution in [0.3, 0.4) is 0 Å². The second-order valence-electron chi connectivity index (χ2n) is 4.95. The Hall–Kier alpha value is -1.06. The lowest BCUT2D eigenvalue weighted by molar-refractivity contribution is -0.149. The zero-order valence-corrected chi connectivity index (χ0v) is 8.95. The highest BCUT2D eigenvalue weighted by atomic mass is 16.4. The van der Waals surface area contributed by atoms with Crippen LogP contribution in [0.25, 0.3) is 0 Å². The van der Waals surface area contributed by atoms with Crippen molar-refractivity contribution in [3.8, 4) is 0 Å².